The van der Waals surface area contributed by atoms with Crippen molar-refractivity contribution in [1.29, 1.82) is 0 Å². The van der Waals surface area contributed by atoms with E-state index in [0.29, 0.717) is 5.91 Å². The first-order valence-corrected chi connectivity index (χ1v) is 9.07. The first-order valence-electron chi connectivity index (χ1n) is 9.07. The van der Waals surface area contributed by atoms with Gasteiger partial charge in [0.1, 0.15) is 0 Å². The molecule has 1 amide bonds. The molecule has 2 aliphatic heterocycles. The minimum atomic E-state index is 0.355. The molecule has 0 unspecified atom stereocenters. The number of carbonyl (C=O) groups excluding carboxylic acids is 1. The van der Waals surface area contributed by atoms with Gasteiger partial charge in [-0.2, -0.15) is 5.10 Å². The minimum absolute atomic E-state index is 0.355. The Bertz CT molecular complexity index is 704. The number of likely N-dealkylation sites (tertiary alicyclic amines) is 2. The number of carbonyl (C=O) groups is 1. The smallest absolute Gasteiger partial charge is 0.222 e. The standard InChI is InChI=1S/C18H25N5O/c24-17-3-1-8-22(17)12-6-15-4-10-21(11-5-15)14-16-13-20-23-9-2-7-19-18(16)23/h2,7,9,13,15H,1,3-6,8,10-12,14H2. The Morgan fingerprint density at radius 2 is 2.08 bits per heavy atom. The summed E-state index contributed by atoms with van der Waals surface area (Å²) < 4.78 is 1.84. The molecule has 2 aromatic rings. The third-order valence-electron chi connectivity index (χ3n) is 5.43. The molecule has 0 saturated carbocycles. The molecule has 2 aromatic heterocycles. The molecule has 6 heteroatoms. The van der Waals surface area contributed by atoms with E-state index in [9.17, 15) is 4.79 Å². The van der Waals surface area contributed by atoms with Gasteiger partial charge < -0.3 is 4.90 Å². The van der Waals surface area contributed by atoms with E-state index in [0.717, 1.165) is 63.6 Å². The molecule has 0 aromatic carbocycles. The van der Waals surface area contributed by atoms with Gasteiger partial charge in [0.25, 0.3) is 0 Å². The van der Waals surface area contributed by atoms with Crippen LogP contribution in [0.5, 0.6) is 0 Å². The maximum Gasteiger partial charge on any atom is 0.222 e. The van der Waals surface area contributed by atoms with Crippen LogP contribution in [0.1, 0.15) is 37.7 Å². The predicted octanol–water partition coefficient (Wildman–Crippen LogP) is 1.95. The number of rotatable bonds is 5. The average Bonchev–Trinajstić information content (AvgIpc) is 3.21. The van der Waals surface area contributed by atoms with E-state index in [-0.39, 0.29) is 0 Å². The van der Waals surface area contributed by atoms with Crippen LogP contribution in [-0.4, -0.2) is 56.5 Å². The molecule has 0 bridgehead atoms. The molecular formula is C18H25N5O. The van der Waals surface area contributed by atoms with Crippen LogP contribution in [0.25, 0.3) is 5.65 Å². The fraction of sp³-hybridized carbons (Fsp3) is 0.611. The second-order valence-corrected chi connectivity index (χ2v) is 7.05. The summed E-state index contributed by atoms with van der Waals surface area (Å²) >= 11 is 0. The lowest BCUT2D eigenvalue weighted by Gasteiger charge is -2.32. The summed E-state index contributed by atoms with van der Waals surface area (Å²) in [5, 5.41) is 4.37. The van der Waals surface area contributed by atoms with Gasteiger partial charge in [0.2, 0.25) is 5.91 Å². The Morgan fingerprint density at radius 3 is 2.88 bits per heavy atom. The summed E-state index contributed by atoms with van der Waals surface area (Å²) in [7, 11) is 0. The molecule has 6 nitrogen and oxygen atoms in total. The van der Waals surface area contributed by atoms with Crippen LogP contribution in [0.3, 0.4) is 0 Å². The maximum absolute atomic E-state index is 11.7. The number of amides is 1. The van der Waals surface area contributed by atoms with Crippen molar-refractivity contribution in [3.8, 4) is 0 Å². The highest BCUT2D eigenvalue weighted by Gasteiger charge is 2.24. The van der Waals surface area contributed by atoms with Crippen molar-refractivity contribution in [2.24, 2.45) is 5.92 Å². The number of hydrogen-bond acceptors (Lipinski definition) is 4. The van der Waals surface area contributed by atoms with Crippen LogP contribution in [0.4, 0.5) is 0 Å². The SMILES string of the molecule is O=C1CCCN1CCC1CCN(Cc2cnn3cccnc23)CC1. The third-order valence-corrected chi connectivity index (χ3v) is 5.43. The van der Waals surface area contributed by atoms with Crippen LogP contribution in [0, 0.1) is 5.92 Å². The second-order valence-electron chi connectivity index (χ2n) is 7.05. The number of piperidine rings is 1. The summed E-state index contributed by atoms with van der Waals surface area (Å²) in [4.78, 5) is 20.7. The highest BCUT2D eigenvalue weighted by molar-refractivity contribution is 5.77. The van der Waals surface area contributed by atoms with Crippen LogP contribution < -0.4 is 0 Å². The largest absolute Gasteiger partial charge is 0.343 e. The Balaban J connectivity index is 1.26. The fourth-order valence-electron chi connectivity index (χ4n) is 3.94. The van der Waals surface area contributed by atoms with Crippen molar-refractivity contribution in [1.82, 2.24) is 24.4 Å². The molecule has 2 fully saturated rings. The zero-order valence-electron chi connectivity index (χ0n) is 14.1. The number of fused-ring (bicyclic) bond motifs is 1. The van der Waals surface area contributed by atoms with Crippen LogP contribution >= 0.6 is 0 Å². The zero-order chi connectivity index (χ0) is 16.4. The zero-order valence-corrected chi connectivity index (χ0v) is 14.1. The van der Waals surface area contributed by atoms with Gasteiger partial charge in [-0.3, -0.25) is 9.69 Å². The summed E-state index contributed by atoms with van der Waals surface area (Å²) in [6, 6.07) is 1.90. The van der Waals surface area contributed by atoms with Gasteiger partial charge in [-0.05, 0) is 50.8 Å². The van der Waals surface area contributed by atoms with Gasteiger partial charge in [-0.1, -0.05) is 0 Å². The lowest BCUT2D eigenvalue weighted by atomic mass is 9.93. The summed E-state index contributed by atoms with van der Waals surface area (Å²) in [6.07, 6.45) is 11.1. The Morgan fingerprint density at radius 1 is 1.21 bits per heavy atom. The maximum atomic E-state index is 11.7. The quantitative estimate of drug-likeness (QED) is 0.842. The highest BCUT2D eigenvalue weighted by atomic mass is 16.2. The van der Waals surface area contributed by atoms with Crippen LogP contribution in [-0.2, 0) is 11.3 Å². The van der Waals surface area contributed by atoms with Crippen LogP contribution in [0.15, 0.2) is 24.7 Å². The van der Waals surface area contributed by atoms with E-state index < -0.39 is 0 Å². The van der Waals surface area contributed by atoms with E-state index in [1.165, 1.54) is 18.4 Å². The van der Waals surface area contributed by atoms with Crippen molar-refractivity contribution in [3.05, 3.63) is 30.2 Å². The van der Waals surface area contributed by atoms with Crippen molar-refractivity contribution in [3.63, 3.8) is 0 Å². The van der Waals surface area contributed by atoms with Gasteiger partial charge in [0.05, 0.1) is 6.20 Å². The Labute approximate surface area is 142 Å². The highest BCUT2D eigenvalue weighted by Crippen LogP contribution is 2.23. The van der Waals surface area contributed by atoms with Gasteiger partial charge >= 0.3 is 0 Å². The second kappa shape index (κ2) is 6.89. The molecule has 2 aliphatic rings. The molecule has 4 rings (SSSR count). The average molecular weight is 327 g/mol. The van der Waals surface area contributed by atoms with Crippen molar-refractivity contribution in [2.75, 3.05) is 26.2 Å². The van der Waals surface area contributed by atoms with Crippen molar-refractivity contribution in [2.45, 2.75) is 38.6 Å². The summed E-state index contributed by atoms with van der Waals surface area (Å²) in [5.41, 5.74) is 2.17. The molecule has 0 N–H and O–H groups in total. The number of nitrogens with zero attached hydrogens (tertiary/aromatic N) is 5. The minimum Gasteiger partial charge on any atom is -0.343 e. The van der Waals surface area contributed by atoms with E-state index in [4.69, 9.17) is 0 Å². The molecule has 0 spiro atoms. The number of hydrogen-bond donors (Lipinski definition) is 0. The number of aromatic nitrogens is 3. The summed E-state index contributed by atoms with van der Waals surface area (Å²) in [6.45, 7) is 5.12. The van der Waals surface area contributed by atoms with Gasteiger partial charge in [0.15, 0.2) is 5.65 Å². The van der Waals surface area contributed by atoms with Gasteiger partial charge in [-0.15, -0.1) is 0 Å². The molecular weight excluding hydrogens is 302 g/mol. The topological polar surface area (TPSA) is 53.7 Å². The molecule has 4 heterocycles. The monoisotopic (exact) mass is 327 g/mol. The van der Waals surface area contributed by atoms with E-state index >= 15 is 0 Å². The third kappa shape index (κ3) is 3.29. The van der Waals surface area contributed by atoms with E-state index in [2.05, 4.69) is 19.9 Å². The lowest BCUT2D eigenvalue weighted by Crippen LogP contribution is -2.35. The molecule has 0 atom stereocenters. The first-order chi connectivity index (χ1) is 11.8. The van der Waals surface area contributed by atoms with E-state index in [1.807, 2.05) is 29.2 Å². The van der Waals surface area contributed by atoms with Gasteiger partial charge in [-0.25, -0.2) is 9.50 Å². The van der Waals surface area contributed by atoms with Gasteiger partial charge in [0, 0.05) is 44.0 Å². The lowest BCUT2D eigenvalue weighted by molar-refractivity contribution is -0.127. The Kier molecular flexibility index (Phi) is 4.47. The Hall–Kier alpha value is -1.95. The molecule has 2 saturated heterocycles. The molecule has 0 radical (unpaired) electrons. The normalized spacial score (nSPS) is 20.3. The fourth-order valence-corrected chi connectivity index (χ4v) is 3.94. The van der Waals surface area contributed by atoms with E-state index in [1.54, 1.807) is 0 Å². The first kappa shape index (κ1) is 15.6. The predicted molar refractivity (Wildman–Crippen MR) is 91.4 cm³/mol. The molecule has 0 aliphatic carbocycles. The van der Waals surface area contributed by atoms with Crippen molar-refractivity contribution < 1.29 is 4.79 Å². The molecule has 24 heavy (non-hydrogen) atoms. The van der Waals surface area contributed by atoms with Crippen molar-refractivity contribution >= 4 is 11.6 Å². The molecule has 128 valence electrons. The van der Waals surface area contributed by atoms with Crippen LogP contribution in [0.2, 0.25) is 0 Å². The summed E-state index contributed by atoms with van der Waals surface area (Å²) in [5.74, 6) is 1.12.